The third-order valence-corrected chi connectivity index (χ3v) is 5.89. The van der Waals surface area contributed by atoms with E-state index in [2.05, 4.69) is 32.7 Å². The summed E-state index contributed by atoms with van der Waals surface area (Å²) in [4.78, 5) is 9.19. The van der Waals surface area contributed by atoms with Crippen LogP contribution in [-0.4, -0.2) is 32.8 Å². The van der Waals surface area contributed by atoms with Gasteiger partial charge in [-0.2, -0.15) is 0 Å². The van der Waals surface area contributed by atoms with Crippen LogP contribution in [0.5, 0.6) is 5.75 Å². The van der Waals surface area contributed by atoms with Crippen molar-refractivity contribution in [2.24, 2.45) is 0 Å². The minimum absolute atomic E-state index is 0.0636. The Labute approximate surface area is 187 Å². The first-order chi connectivity index (χ1) is 14.6. The van der Waals surface area contributed by atoms with Crippen molar-refractivity contribution in [2.75, 3.05) is 7.11 Å². The number of imidazole rings is 1. The van der Waals surface area contributed by atoms with Crippen LogP contribution in [0.25, 0.3) is 17.1 Å². The number of pyridine rings is 1. The highest BCUT2D eigenvalue weighted by Crippen LogP contribution is 2.44. The van der Waals surface area contributed by atoms with Gasteiger partial charge in [0.25, 0.3) is 0 Å². The molecule has 1 aromatic carbocycles. The Bertz CT molecular complexity index is 1090. The van der Waals surface area contributed by atoms with Gasteiger partial charge in [0.2, 0.25) is 0 Å². The van der Waals surface area contributed by atoms with Crippen molar-refractivity contribution in [3.05, 3.63) is 59.4 Å². The molecule has 5 nitrogen and oxygen atoms in total. The van der Waals surface area contributed by atoms with Crippen LogP contribution >= 0.6 is 11.6 Å². The fourth-order valence-corrected chi connectivity index (χ4v) is 4.82. The average molecular weight is 444 g/mol. The van der Waals surface area contributed by atoms with Crippen molar-refractivity contribution in [3.8, 4) is 22.8 Å². The van der Waals surface area contributed by atoms with E-state index in [1.807, 2.05) is 16.8 Å². The predicted molar refractivity (Wildman–Crippen MR) is 120 cm³/mol. The smallest absolute Gasteiger partial charge is 0.148 e. The lowest BCUT2D eigenvalue weighted by molar-refractivity contribution is -0.162. The summed E-state index contributed by atoms with van der Waals surface area (Å²) in [6, 6.07) is 6.54. The second-order valence-corrected chi connectivity index (χ2v) is 9.67. The third-order valence-electron chi connectivity index (χ3n) is 5.60. The quantitative estimate of drug-likeness (QED) is 0.482. The fraction of sp³-hybridized carbons (Fsp3) is 0.417. The summed E-state index contributed by atoms with van der Waals surface area (Å²) in [5, 5.41) is 0.0636. The van der Waals surface area contributed by atoms with E-state index in [0.717, 1.165) is 29.8 Å². The SMILES string of the molecule is COc1cnccc1-c1nc(C2CC(C)(C)OC(C)(C)C2)cn1-c1ccc(F)c(Cl)c1. The van der Waals surface area contributed by atoms with Crippen LogP contribution in [0.15, 0.2) is 42.9 Å². The van der Waals surface area contributed by atoms with Gasteiger partial charge in [0, 0.05) is 24.0 Å². The normalized spacial score (nSPS) is 18.2. The maximum atomic E-state index is 13.8. The van der Waals surface area contributed by atoms with Gasteiger partial charge in [0.15, 0.2) is 0 Å². The van der Waals surface area contributed by atoms with E-state index in [-0.39, 0.29) is 22.1 Å². The molecule has 0 N–H and O–H groups in total. The van der Waals surface area contributed by atoms with E-state index in [1.54, 1.807) is 31.6 Å². The number of methoxy groups -OCH3 is 1. The molecule has 0 unspecified atom stereocenters. The molecule has 0 atom stereocenters. The van der Waals surface area contributed by atoms with Crippen molar-refractivity contribution >= 4 is 11.6 Å². The summed E-state index contributed by atoms with van der Waals surface area (Å²) < 4.78 is 27.6. The van der Waals surface area contributed by atoms with Crippen LogP contribution < -0.4 is 4.74 Å². The Morgan fingerprint density at radius 3 is 2.52 bits per heavy atom. The molecule has 7 heteroatoms. The molecule has 1 aliphatic rings. The molecule has 3 aromatic rings. The van der Waals surface area contributed by atoms with E-state index >= 15 is 0 Å². The molecule has 4 rings (SSSR count). The molecule has 31 heavy (non-hydrogen) atoms. The number of nitrogens with zero attached hydrogens (tertiary/aromatic N) is 3. The number of halogens is 2. The van der Waals surface area contributed by atoms with Gasteiger partial charge in [-0.25, -0.2) is 9.37 Å². The first-order valence-corrected chi connectivity index (χ1v) is 10.7. The summed E-state index contributed by atoms with van der Waals surface area (Å²) >= 11 is 6.09. The molecule has 3 heterocycles. The van der Waals surface area contributed by atoms with Gasteiger partial charge in [-0.05, 0) is 64.8 Å². The van der Waals surface area contributed by atoms with E-state index in [1.165, 1.54) is 6.07 Å². The summed E-state index contributed by atoms with van der Waals surface area (Å²) in [6.45, 7) is 8.46. The molecule has 1 saturated heterocycles. The Morgan fingerprint density at radius 1 is 1.16 bits per heavy atom. The molecule has 0 bridgehead atoms. The number of benzene rings is 1. The topological polar surface area (TPSA) is 49.2 Å². The summed E-state index contributed by atoms with van der Waals surface area (Å²) in [5.41, 5.74) is 1.96. The van der Waals surface area contributed by atoms with Crippen LogP contribution in [0.1, 0.15) is 52.1 Å². The van der Waals surface area contributed by atoms with Gasteiger partial charge >= 0.3 is 0 Å². The van der Waals surface area contributed by atoms with Crippen LogP contribution in [0.3, 0.4) is 0 Å². The summed E-state index contributed by atoms with van der Waals surface area (Å²) in [5.74, 6) is 1.06. The van der Waals surface area contributed by atoms with Crippen molar-refractivity contribution in [3.63, 3.8) is 0 Å². The predicted octanol–water partition coefficient (Wildman–Crippen LogP) is 6.19. The molecule has 1 aliphatic heterocycles. The van der Waals surface area contributed by atoms with Gasteiger partial charge in [0.05, 0.1) is 40.8 Å². The fourth-order valence-electron chi connectivity index (χ4n) is 4.64. The Hall–Kier alpha value is -2.44. The van der Waals surface area contributed by atoms with E-state index < -0.39 is 5.82 Å². The Balaban J connectivity index is 1.87. The Kier molecular flexibility index (Phi) is 5.56. The third kappa shape index (κ3) is 4.46. The van der Waals surface area contributed by atoms with Crippen LogP contribution in [0.2, 0.25) is 5.02 Å². The van der Waals surface area contributed by atoms with Crippen molar-refractivity contribution in [1.82, 2.24) is 14.5 Å². The maximum absolute atomic E-state index is 13.8. The number of ether oxygens (including phenoxy) is 2. The minimum Gasteiger partial charge on any atom is -0.494 e. The zero-order valence-corrected chi connectivity index (χ0v) is 19.2. The lowest BCUT2D eigenvalue weighted by atomic mass is 9.79. The maximum Gasteiger partial charge on any atom is 0.148 e. The first-order valence-electron chi connectivity index (χ1n) is 10.3. The van der Waals surface area contributed by atoms with Crippen molar-refractivity contribution in [2.45, 2.75) is 57.7 Å². The molecule has 1 fully saturated rings. The van der Waals surface area contributed by atoms with Crippen molar-refractivity contribution in [1.29, 1.82) is 0 Å². The minimum atomic E-state index is -0.457. The van der Waals surface area contributed by atoms with Gasteiger partial charge in [0.1, 0.15) is 17.4 Å². The number of hydrogen-bond donors (Lipinski definition) is 0. The molecule has 164 valence electrons. The number of rotatable bonds is 4. The van der Waals surface area contributed by atoms with Gasteiger partial charge in [-0.3, -0.25) is 9.55 Å². The highest BCUT2D eigenvalue weighted by molar-refractivity contribution is 6.30. The van der Waals surface area contributed by atoms with Crippen LogP contribution in [-0.2, 0) is 4.74 Å². The lowest BCUT2D eigenvalue weighted by Crippen LogP contribution is -2.44. The molecule has 0 amide bonds. The second kappa shape index (κ2) is 7.92. The van der Waals surface area contributed by atoms with Crippen LogP contribution in [0, 0.1) is 5.82 Å². The molecule has 0 radical (unpaired) electrons. The number of hydrogen-bond acceptors (Lipinski definition) is 4. The monoisotopic (exact) mass is 443 g/mol. The molecule has 2 aromatic heterocycles. The molecular formula is C24H27ClFN3O2. The zero-order chi connectivity index (χ0) is 22.4. The Morgan fingerprint density at radius 2 is 1.87 bits per heavy atom. The summed E-state index contributed by atoms with van der Waals surface area (Å²) in [6.07, 6.45) is 7.08. The number of aromatic nitrogens is 3. The van der Waals surface area contributed by atoms with E-state index in [9.17, 15) is 4.39 Å². The second-order valence-electron chi connectivity index (χ2n) is 9.26. The lowest BCUT2D eigenvalue weighted by Gasteiger charge is -2.45. The van der Waals surface area contributed by atoms with Crippen LogP contribution in [0.4, 0.5) is 4.39 Å². The van der Waals surface area contributed by atoms with E-state index in [0.29, 0.717) is 11.6 Å². The molecule has 0 spiro atoms. The highest BCUT2D eigenvalue weighted by atomic mass is 35.5. The average Bonchev–Trinajstić information content (AvgIpc) is 3.13. The first kappa shape index (κ1) is 21.8. The van der Waals surface area contributed by atoms with E-state index in [4.69, 9.17) is 26.1 Å². The summed E-state index contributed by atoms with van der Waals surface area (Å²) in [7, 11) is 1.60. The largest absolute Gasteiger partial charge is 0.494 e. The molecular weight excluding hydrogens is 417 g/mol. The molecule has 0 aliphatic carbocycles. The standard InChI is InChI=1S/C24H27ClFN3O2/c1-23(2)11-15(12-24(3,4)31-23)20-14-29(16-6-7-19(26)18(25)10-16)22(28-20)17-8-9-27-13-21(17)30-5/h6-10,13-15H,11-12H2,1-5H3. The van der Waals surface area contributed by atoms with Gasteiger partial charge < -0.3 is 9.47 Å². The van der Waals surface area contributed by atoms with Gasteiger partial charge in [-0.1, -0.05) is 11.6 Å². The van der Waals surface area contributed by atoms with Crippen molar-refractivity contribution < 1.29 is 13.9 Å². The molecule has 0 saturated carbocycles. The highest BCUT2D eigenvalue weighted by Gasteiger charge is 2.41. The zero-order valence-electron chi connectivity index (χ0n) is 18.4. The van der Waals surface area contributed by atoms with Gasteiger partial charge in [-0.15, -0.1) is 0 Å².